The van der Waals surface area contributed by atoms with Crippen LogP contribution in [0.2, 0.25) is 0 Å². The molecule has 3 N–H and O–H groups in total. The molecule has 0 bridgehead atoms. The third-order valence-electron chi connectivity index (χ3n) is 3.03. The van der Waals surface area contributed by atoms with Crippen LogP contribution < -0.4 is 11.1 Å². The van der Waals surface area contributed by atoms with E-state index in [0.717, 1.165) is 0 Å². The first-order valence-corrected chi connectivity index (χ1v) is 6.22. The number of nitrogens with two attached hydrogens (primary N) is 1. The lowest BCUT2D eigenvalue weighted by Crippen LogP contribution is -2.15. The van der Waals surface area contributed by atoms with Crippen molar-refractivity contribution in [2.45, 2.75) is 0 Å². The Hall–Kier alpha value is -3.02. The fourth-order valence-corrected chi connectivity index (χ4v) is 2.03. The van der Waals surface area contributed by atoms with E-state index in [2.05, 4.69) is 15.3 Å². The lowest BCUT2D eigenvalue weighted by atomic mass is 10.1. The van der Waals surface area contributed by atoms with Crippen LogP contribution in [0.15, 0.2) is 48.8 Å². The van der Waals surface area contributed by atoms with Crippen LogP contribution in [0.1, 0.15) is 10.4 Å². The number of anilines is 2. The fraction of sp³-hybridized carbons (Fsp3) is 0. The number of carbonyl (C=O) groups is 1. The largest absolute Gasteiger partial charge is 0.397 e. The SMILES string of the molecule is Nc1cccc(F)c1NC(=O)c1cccc2nccnc12. The molecular formula is C15H11FN4O. The van der Waals surface area contributed by atoms with E-state index in [1.165, 1.54) is 24.4 Å². The molecule has 1 heterocycles. The number of amides is 1. The lowest BCUT2D eigenvalue weighted by molar-refractivity contribution is 0.102. The number of hydrogen-bond donors (Lipinski definition) is 2. The zero-order chi connectivity index (χ0) is 14.8. The van der Waals surface area contributed by atoms with Gasteiger partial charge in [-0.05, 0) is 24.3 Å². The third-order valence-corrected chi connectivity index (χ3v) is 3.03. The summed E-state index contributed by atoms with van der Waals surface area (Å²) < 4.78 is 13.7. The van der Waals surface area contributed by atoms with Gasteiger partial charge >= 0.3 is 0 Å². The predicted octanol–water partition coefficient (Wildman–Crippen LogP) is 2.60. The van der Waals surface area contributed by atoms with Crippen molar-refractivity contribution in [3.05, 3.63) is 60.2 Å². The van der Waals surface area contributed by atoms with Gasteiger partial charge in [0, 0.05) is 12.4 Å². The second kappa shape index (κ2) is 5.16. The molecule has 1 aromatic heterocycles. The number of nitrogen functional groups attached to an aromatic ring is 1. The third kappa shape index (κ3) is 2.38. The van der Waals surface area contributed by atoms with Gasteiger partial charge in [0.1, 0.15) is 17.0 Å². The Kier molecular flexibility index (Phi) is 3.19. The van der Waals surface area contributed by atoms with Crippen LogP contribution in [0.25, 0.3) is 11.0 Å². The Labute approximate surface area is 119 Å². The summed E-state index contributed by atoms with van der Waals surface area (Å²) in [5, 5.41) is 2.48. The fourth-order valence-electron chi connectivity index (χ4n) is 2.03. The Bertz CT molecular complexity index is 809. The molecule has 0 aliphatic rings. The average molecular weight is 282 g/mol. The Balaban J connectivity index is 2.02. The van der Waals surface area contributed by atoms with Gasteiger partial charge in [-0.3, -0.25) is 14.8 Å². The molecule has 6 heteroatoms. The molecule has 21 heavy (non-hydrogen) atoms. The second-order valence-electron chi connectivity index (χ2n) is 4.39. The van der Waals surface area contributed by atoms with Gasteiger partial charge < -0.3 is 11.1 Å². The van der Waals surface area contributed by atoms with Gasteiger partial charge in [-0.2, -0.15) is 0 Å². The number of hydrogen-bond acceptors (Lipinski definition) is 4. The number of rotatable bonds is 2. The first-order chi connectivity index (χ1) is 10.2. The number of aromatic nitrogens is 2. The Morgan fingerprint density at radius 2 is 1.86 bits per heavy atom. The van der Waals surface area contributed by atoms with Crippen LogP contribution in [0.4, 0.5) is 15.8 Å². The Morgan fingerprint density at radius 3 is 2.67 bits per heavy atom. The Morgan fingerprint density at radius 1 is 1.10 bits per heavy atom. The van der Waals surface area contributed by atoms with Gasteiger partial charge in [0.05, 0.1) is 16.8 Å². The summed E-state index contributed by atoms with van der Waals surface area (Å²) in [6.07, 6.45) is 3.04. The number of fused-ring (bicyclic) bond motifs is 1. The van der Waals surface area contributed by atoms with Crippen LogP contribution in [0.3, 0.4) is 0 Å². The minimum Gasteiger partial charge on any atom is -0.397 e. The highest BCUT2D eigenvalue weighted by molar-refractivity contribution is 6.12. The van der Waals surface area contributed by atoms with E-state index in [1.54, 1.807) is 24.4 Å². The maximum Gasteiger partial charge on any atom is 0.258 e. The summed E-state index contributed by atoms with van der Waals surface area (Å²) in [5.74, 6) is -1.08. The minimum atomic E-state index is -0.588. The van der Waals surface area contributed by atoms with Crippen LogP contribution in [0, 0.1) is 5.82 Å². The average Bonchev–Trinajstić information content (AvgIpc) is 2.50. The van der Waals surface area contributed by atoms with E-state index in [9.17, 15) is 9.18 Å². The number of halogens is 1. The quantitative estimate of drug-likeness (QED) is 0.708. The molecule has 0 atom stereocenters. The van der Waals surface area contributed by atoms with Crippen molar-refractivity contribution in [3.8, 4) is 0 Å². The van der Waals surface area contributed by atoms with Crippen LogP contribution in [-0.4, -0.2) is 15.9 Å². The summed E-state index contributed by atoms with van der Waals surface area (Å²) in [4.78, 5) is 20.6. The molecule has 0 aliphatic heterocycles. The van der Waals surface area contributed by atoms with Gasteiger partial charge in [-0.25, -0.2) is 4.39 Å². The van der Waals surface area contributed by atoms with E-state index in [0.29, 0.717) is 16.6 Å². The highest BCUT2D eigenvalue weighted by Gasteiger charge is 2.15. The summed E-state index contributed by atoms with van der Waals surface area (Å²) in [6, 6.07) is 9.26. The van der Waals surface area contributed by atoms with E-state index in [1.807, 2.05) is 0 Å². The van der Waals surface area contributed by atoms with Crippen LogP contribution in [0.5, 0.6) is 0 Å². The summed E-state index contributed by atoms with van der Waals surface area (Å²) >= 11 is 0. The number of nitrogens with zero attached hydrogens (tertiary/aromatic N) is 2. The number of benzene rings is 2. The van der Waals surface area contributed by atoms with Crippen molar-refractivity contribution in [3.63, 3.8) is 0 Å². The molecule has 0 saturated carbocycles. The molecule has 0 radical (unpaired) electrons. The number of para-hydroxylation sites is 2. The van der Waals surface area contributed by atoms with Crippen molar-refractivity contribution >= 4 is 28.3 Å². The normalized spacial score (nSPS) is 10.5. The van der Waals surface area contributed by atoms with E-state index in [4.69, 9.17) is 5.73 Å². The van der Waals surface area contributed by atoms with Crippen molar-refractivity contribution < 1.29 is 9.18 Å². The molecule has 0 aliphatic carbocycles. The van der Waals surface area contributed by atoms with E-state index < -0.39 is 11.7 Å². The molecule has 0 spiro atoms. The molecule has 0 fully saturated rings. The summed E-state index contributed by atoms with van der Waals surface area (Å²) in [6.45, 7) is 0. The standard InChI is InChI=1S/C15H11FN4O/c16-10-4-2-5-11(17)14(10)20-15(21)9-3-1-6-12-13(9)19-8-7-18-12/h1-8H,17H2,(H,20,21). The number of carbonyl (C=O) groups excluding carboxylic acids is 1. The summed E-state index contributed by atoms with van der Waals surface area (Å²) in [7, 11) is 0. The molecule has 5 nitrogen and oxygen atoms in total. The summed E-state index contributed by atoms with van der Waals surface area (Å²) in [5.41, 5.74) is 7.15. The zero-order valence-electron chi connectivity index (χ0n) is 10.9. The van der Waals surface area contributed by atoms with Gasteiger partial charge in [0.2, 0.25) is 0 Å². The van der Waals surface area contributed by atoms with Crippen LogP contribution in [-0.2, 0) is 0 Å². The zero-order valence-corrected chi connectivity index (χ0v) is 10.9. The first kappa shape index (κ1) is 13.0. The van der Waals surface area contributed by atoms with Crippen molar-refractivity contribution in [1.82, 2.24) is 9.97 Å². The highest BCUT2D eigenvalue weighted by Crippen LogP contribution is 2.23. The monoisotopic (exact) mass is 282 g/mol. The molecule has 1 amide bonds. The molecule has 3 aromatic rings. The van der Waals surface area contributed by atoms with Gasteiger partial charge in [-0.15, -0.1) is 0 Å². The highest BCUT2D eigenvalue weighted by atomic mass is 19.1. The molecule has 0 saturated heterocycles. The second-order valence-corrected chi connectivity index (χ2v) is 4.39. The minimum absolute atomic E-state index is 0.0385. The van der Waals surface area contributed by atoms with Gasteiger partial charge in [0.25, 0.3) is 5.91 Å². The van der Waals surface area contributed by atoms with E-state index >= 15 is 0 Å². The molecule has 3 rings (SSSR count). The van der Waals surface area contributed by atoms with Crippen molar-refractivity contribution in [2.24, 2.45) is 0 Å². The molecule has 104 valence electrons. The molecule has 0 unspecified atom stereocenters. The van der Waals surface area contributed by atoms with Crippen molar-refractivity contribution in [1.29, 1.82) is 0 Å². The topological polar surface area (TPSA) is 80.9 Å². The first-order valence-electron chi connectivity index (χ1n) is 6.22. The molecule has 2 aromatic carbocycles. The van der Waals surface area contributed by atoms with Gasteiger partial charge in [0.15, 0.2) is 0 Å². The van der Waals surface area contributed by atoms with Crippen molar-refractivity contribution in [2.75, 3.05) is 11.1 Å². The van der Waals surface area contributed by atoms with Crippen LogP contribution >= 0.6 is 0 Å². The lowest BCUT2D eigenvalue weighted by Gasteiger charge is -2.10. The maximum atomic E-state index is 13.7. The predicted molar refractivity (Wildman–Crippen MR) is 78.3 cm³/mol. The maximum absolute atomic E-state index is 13.7. The smallest absolute Gasteiger partial charge is 0.258 e. The van der Waals surface area contributed by atoms with Gasteiger partial charge in [-0.1, -0.05) is 12.1 Å². The molecular weight excluding hydrogens is 271 g/mol. The van der Waals surface area contributed by atoms with E-state index in [-0.39, 0.29) is 11.4 Å². The number of nitrogens with one attached hydrogen (secondary N) is 1.